The summed E-state index contributed by atoms with van der Waals surface area (Å²) in [7, 11) is 1.63. The van der Waals surface area contributed by atoms with Gasteiger partial charge in [-0.1, -0.05) is 23.9 Å². The molecule has 24 heavy (non-hydrogen) atoms. The summed E-state index contributed by atoms with van der Waals surface area (Å²) in [5, 5.41) is 3.99. The van der Waals surface area contributed by atoms with Crippen LogP contribution in [0.25, 0.3) is 10.9 Å². The first-order valence-electron chi connectivity index (χ1n) is 7.93. The van der Waals surface area contributed by atoms with Crippen LogP contribution < -0.4 is 10.9 Å². The van der Waals surface area contributed by atoms with Gasteiger partial charge in [-0.25, -0.2) is 4.98 Å². The Morgan fingerprint density at radius 1 is 1.38 bits per heavy atom. The van der Waals surface area contributed by atoms with Crippen LogP contribution in [0.2, 0.25) is 0 Å². The van der Waals surface area contributed by atoms with Crippen molar-refractivity contribution >= 4 is 28.6 Å². The van der Waals surface area contributed by atoms with Crippen LogP contribution in [-0.2, 0) is 16.1 Å². The zero-order chi connectivity index (χ0) is 17.5. The molecule has 0 atom stereocenters. The van der Waals surface area contributed by atoms with Gasteiger partial charge in [0.05, 0.1) is 16.7 Å². The van der Waals surface area contributed by atoms with Crippen LogP contribution >= 0.6 is 11.8 Å². The van der Waals surface area contributed by atoms with Crippen molar-refractivity contribution in [1.82, 2.24) is 14.9 Å². The normalized spacial score (nSPS) is 11.2. The monoisotopic (exact) mass is 349 g/mol. The number of hydrogen-bond donors (Lipinski definition) is 1. The molecule has 1 aromatic carbocycles. The molecule has 0 aliphatic rings. The fourth-order valence-corrected chi connectivity index (χ4v) is 3.15. The van der Waals surface area contributed by atoms with E-state index >= 15 is 0 Å². The van der Waals surface area contributed by atoms with Gasteiger partial charge in [0.25, 0.3) is 5.56 Å². The number of thioether (sulfide) groups is 1. The van der Waals surface area contributed by atoms with E-state index in [9.17, 15) is 9.59 Å². The molecule has 2 rings (SSSR count). The van der Waals surface area contributed by atoms with E-state index in [0.717, 1.165) is 0 Å². The second kappa shape index (κ2) is 8.84. The standard InChI is InChI=1S/C17H23N3O3S/c1-12(2)18-15(21)11-24-17-19-14-8-5-4-7-13(14)16(22)20(17)9-6-10-23-3/h4-5,7-8,12H,6,9-11H2,1-3H3,(H,18,21). The summed E-state index contributed by atoms with van der Waals surface area (Å²) in [6.07, 6.45) is 0.710. The van der Waals surface area contributed by atoms with Crippen molar-refractivity contribution < 1.29 is 9.53 Å². The van der Waals surface area contributed by atoms with Crippen molar-refractivity contribution in [2.24, 2.45) is 0 Å². The molecule has 6 nitrogen and oxygen atoms in total. The van der Waals surface area contributed by atoms with Gasteiger partial charge >= 0.3 is 0 Å². The number of ether oxygens (including phenoxy) is 1. The van der Waals surface area contributed by atoms with Gasteiger partial charge in [-0.3, -0.25) is 14.2 Å². The van der Waals surface area contributed by atoms with Crippen molar-refractivity contribution in [3.05, 3.63) is 34.6 Å². The number of methoxy groups -OCH3 is 1. The summed E-state index contributed by atoms with van der Waals surface area (Å²) in [6.45, 7) is 4.91. The van der Waals surface area contributed by atoms with Crippen LogP contribution in [0.3, 0.4) is 0 Å². The van der Waals surface area contributed by atoms with E-state index in [2.05, 4.69) is 10.3 Å². The minimum absolute atomic E-state index is 0.0687. The molecule has 0 saturated carbocycles. The lowest BCUT2D eigenvalue weighted by Gasteiger charge is -2.13. The summed E-state index contributed by atoms with van der Waals surface area (Å²) in [4.78, 5) is 29.2. The number of para-hydroxylation sites is 1. The van der Waals surface area contributed by atoms with Crippen LogP contribution in [-0.4, -0.2) is 41.0 Å². The van der Waals surface area contributed by atoms with Crippen molar-refractivity contribution in [2.75, 3.05) is 19.5 Å². The zero-order valence-electron chi connectivity index (χ0n) is 14.2. The lowest BCUT2D eigenvalue weighted by Crippen LogP contribution is -2.32. The molecule has 0 saturated heterocycles. The molecule has 0 bridgehead atoms. The highest BCUT2D eigenvalue weighted by molar-refractivity contribution is 7.99. The van der Waals surface area contributed by atoms with Gasteiger partial charge in [0.15, 0.2) is 5.16 Å². The van der Waals surface area contributed by atoms with Gasteiger partial charge in [-0.15, -0.1) is 0 Å². The van der Waals surface area contributed by atoms with Crippen molar-refractivity contribution in [1.29, 1.82) is 0 Å². The Balaban J connectivity index is 2.29. The molecule has 1 N–H and O–H groups in total. The second-order valence-corrected chi connectivity index (χ2v) is 6.67. The van der Waals surface area contributed by atoms with Gasteiger partial charge in [0.1, 0.15) is 0 Å². The van der Waals surface area contributed by atoms with Crippen molar-refractivity contribution in [2.45, 2.75) is 38.0 Å². The first-order valence-corrected chi connectivity index (χ1v) is 8.92. The number of aromatic nitrogens is 2. The van der Waals surface area contributed by atoms with Gasteiger partial charge in [-0.05, 0) is 32.4 Å². The number of amides is 1. The number of nitrogens with zero attached hydrogens (tertiary/aromatic N) is 2. The SMILES string of the molecule is COCCCn1c(SCC(=O)NC(C)C)nc2ccccc2c1=O. The van der Waals surface area contributed by atoms with E-state index < -0.39 is 0 Å². The van der Waals surface area contributed by atoms with E-state index in [0.29, 0.717) is 35.6 Å². The molecule has 1 amide bonds. The number of fused-ring (bicyclic) bond motifs is 1. The quantitative estimate of drug-likeness (QED) is 0.449. The Hall–Kier alpha value is -1.86. The first kappa shape index (κ1) is 18.5. The number of hydrogen-bond acceptors (Lipinski definition) is 5. The molecular formula is C17H23N3O3S. The third-order valence-electron chi connectivity index (χ3n) is 3.34. The van der Waals surface area contributed by atoms with Gasteiger partial charge in [-0.2, -0.15) is 0 Å². The maximum atomic E-state index is 12.7. The third kappa shape index (κ3) is 4.82. The summed E-state index contributed by atoms with van der Waals surface area (Å²) in [5.74, 6) is 0.161. The predicted molar refractivity (Wildman–Crippen MR) is 96.5 cm³/mol. The smallest absolute Gasteiger partial charge is 0.262 e. The molecule has 1 heterocycles. The van der Waals surface area contributed by atoms with Crippen LogP contribution in [0.4, 0.5) is 0 Å². The maximum Gasteiger partial charge on any atom is 0.262 e. The first-order chi connectivity index (χ1) is 11.5. The zero-order valence-corrected chi connectivity index (χ0v) is 15.1. The van der Waals surface area contributed by atoms with Crippen molar-refractivity contribution in [3.63, 3.8) is 0 Å². The molecule has 0 unspecified atom stereocenters. The Bertz CT molecular complexity index is 758. The molecule has 0 radical (unpaired) electrons. The van der Waals surface area contributed by atoms with E-state index in [1.54, 1.807) is 17.7 Å². The highest BCUT2D eigenvalue weighted by Crippen LogP contribution is 2.18. The molecule has 7 heteroatoms. The Morgan fingerprint density at radius 2 is 2.12 bits per heavy atom. The molecular weight excluding hydrogens is 326 g/mol. The largest absolute Gasteiger partial charge is 0.385 e. The van der Waals surface area contributed by atoms with Crippen LogP contribution in [0.1, 0.15) is 20.3 Å². The summed E-state index contributed by atoms with van der Waals surface area (Å²) < 4.78 is 6.70. The second-order valence-electron chi connectivity index (χ2n) is 5.73. The van der Waals surface area contributed by atoms with E-state index in [1.165, 1.54) is 11.8 Å². The molecule has 0 fully saturated rings. The predicted octanol–water partition coefficient (Wildman–Crippen LogP) is 2.05. The number of benzene rings is 1. The number of carbonyl (C=O) groups excluding carboxylic acids is 1. The topological polar surface area (TPSA) is 73.2 Å². The van der Waals surface area contributed by atoms with Crippen LogP contribution in [0.5, 0.6) is 0 Å². The van der Waals surface area contributed by atoms with Crippen LogP contribution in [0, 0.1) is 0 Å². The van der Waals surface area contributed by atoms with Gasteiger partial charge in [0.2, 0.25) is 5.91 Å². The molecule has 130 valence electrons. The fourth-order valence-electron chi connectivity index (χ4n) is 2.32. The molecule has 0 spiro atoms. The minimum atomic E-state index is -0.0801. The highest BCUT2D eigenvalue weighted by Gasteiger charge is 2.13. The number of nitrogens with one attached hydrogen (secondary N) is 1. The lowest BCUT2D eigenvalue weighted by atomic mass is 10.2. The fraction of sp³-hybridized carbons (Fsp3) is 0.471. The Labute approximate surface area is 145 Å². The molecule has 2 aromatic rings. The summed E-state index contributed by atoms with van der Waals surface area (Å²) in [6, 6.07) is 7.36. The molecule has 0 aliphatic heterocycles. The van der Waals surface area contributed by atoms with Crippen molar-refractivity contribution in [3.8, 4) is 0 Å². The van der Waals surface area contributed by atoms with E-state index in [-0.39, 0.29) is 23.3 Å². The minimum Gasteiger partial charge on any atom is -0.385 e. The molecule has 1 aromatic heterocycles. The Kier molecular flexibility index (Phi) is 6.81. The third-order valence-corrected chi connectivity index (χ3v) is 4.32. The number of carbonyl (C=O) groups is 1. The maximum absolute atomic E-state index is 12.7. The van der Waals surface area contributed by atoms with Gasteiger partial charge < -0.3 is 10.1 Å². The average Bonchev–Trinajstić information content (AvgIpc) is 2.55. The van der Waals surface area contributed by atoms with E-state index in [4.69, 9.17) is 4.74 Å². The van der Waals surface area contributed by atoms with Crippen LogP contribution in [0.15, 0.2) is 34.2 Å². The highest BCUT2D eigenvalue weighted by atomic mass is 32.2. The number of rotatable bonds is 8. The van der Waals surface area contributed by atoms with Gasteiger partial charge in [0, 0.05) is 26.3 Å². The summed E-state index contributed by atoms with van der Waals surface area (Å²) in [5.41, 5.74) is 0.570. The van der Waals surface area contributed by atoms with E-state index in [1.807, 2.05) is 32.0 Å². The average molecular weight is 349 g/mol. The lowest BCUT2D eigenvalue weighted by molar-refractivity contribution is -0.119. The Morgan fingerprint density at radius 3 is 2.83 bits per heavy atom. The summed E-state index contributed by atoms with van der Waals surface area (Å²) >= 11 is 1.28. The molecule has 0 aliphatic carbocycles.